The van der Waals surface area contributed by atoms with Gasteiger partial charge in [0.05, 0.1) is 23.8 Å². The van der Waals surface area contributed by atoms with Crippen LogP contribution in [0.5, 0.6) is 5.75 Å². The Labute approximate surface area is 152 Å². The van der Waals surface area contributed by atoms with E-state index in [-0.39, 0.29) is 5.91 Å². The Hall–Kier alpha value is -2.89. The molecule has 3 aromatic rings. The third kappa shape index (κ3) is 2.62. The van der Waals surface area contributed by atoms with Crippen LogP contribution in [0.3, 0.4) is 0 Å². The van der Waals surface area contributed by atoms with Crippen molar-refractivity contribution in [3.8, 4) is 5.75 Å². The molecule has 1 aliphatic rings. The van der Waals surface area contributed by atoms with Crippen LogP contribution in [0.2, 0.25) is 0 Å². The highest BCUT2D eigenvalue weighted by Crippen LogP contribution is 2.27. The van der Waals surface area contributed by atoms with Crippen LogP contribution in [-0.4, -0.2) is 39.2 Å². The minimum atomic E-state index is 0.0325. The van der Waals surface area contributed by atoms with E-state index in [0.717, 1.165) is 40.2 Å². The molecule has 1 aliphatic heterocycles. The molecule has 0 fully saturated rings. The van der Waals surface area contributed by atoms with Crippen molar-refractivity contribution in [2.45, 2.75) is 26.8 Å². The molecule has 0 spiro atoms. The monoisotopic (exact) mass is 350 g/mol. The first-order valence-electron chi connectivity index (χ1n) is 8.74. The fourth-order valence-electron chi connectivity index (χ4n) is 3.74. The van der Waals surface area contributed by atoms with Crippen molar-refractivity contribution in [3.05, 3.63) is 52.3 Å². The molecule has 26 heavy (non-hydrogen) atoms. The normalized spacial score (nSPS) is 13.8. The van der Waals surface area contributed by atoms with Crippen LogP contribution in [0.4, 0.5) is 0 Å². The maximum absolute atomic E-state index is 13.3. The van der Waals surface area contributed by atoms with Crippen molar-refractivity contribution in [2.75, 3.05) is 13.7 Å². The standard InChI is InChI=1S/C20H22N4O2/c1-12-9-17(18-13(2)22-23(3)19(18)21-12)20(25)24-8-7-14-5-6-16(26-4)10-15(14)11-24/h5-6,9-10H,7-8,11H2,1-4H3. The number of rotatable bonds is 2. The maximum Gasteiger partial charge on any atom is 0.255 e. The zero-order valence-corrected chi connectivity index (χ0v) is 15.5. The van der Waals surface area contributed by atoms with Gasteiger partial charge in [0.2, 0.25) is 0 Å². The van der Waals surface area contributed by atoms with Crippen molar-refractivity contribution in [1.29, 1.82) is 0 Å². The molecule has 2 aromatic heterocycles. The Bertz CT molecular complexity index is 1020. The van der Waals surface area contributed by atoms with Crippen molar-refractivity contribution >= 4 is 16.9 Å². The summed E-state index contributed by atoms with van der Waals surface area (Å²) in [6, 6.07) is 7.97. The highest BCUT2D eigenvalue weighted by Gasteiger charge is 2.25. The molecular formula is C20H22N4O2. The molecule has 1 aromatic carbocycles. The Morgan fingerprint density at radius 2 is 2.00 bits per heavy atom. The van der Waals surface area contributed by atoms with E-state index in [2.05, 4.69) is 16.1 Å². The van der Waals surface area contributed by atoms with Gasteiger partial charge in [-0.05, 0) is 49.6 Å². The summed E-state index contributed by atoms with van der Waals surface area (Å²) in [6.07, 6.45) is 0.851. The van der Waals surface area contributed by atoms with Gasteiger partial charge < -0.3 is 9.64 Å². The topological polar surface area (TPSA) is 60.2 Å². The molecule has 0 N–H and O–H groups in total. The third-order valence-electron chi connectivity index (χ3n) is 5.04. The summed E-state index contributed by atoms with van der Waals surface area (Å²) in [5.41, 5.74) is 5.52. The molecule has 0 unspecified atom stereocenters. The van der Waals surface area contributed by atoms with E-state index in [9.17, 15) is 4.79 Å². The Balaban J connectivity index is 1.74. The summed E-state index contributed by atoms with van der Waals surface area (Å²) in [6.45, 7) is 5.13. The van der Waals surface area contributed by atoms with Gasteiger partial charge in [-0.2, -0.15) is 5.10 Å². The van der Waals surface area contributed by atoms with Gasteiger partial charge in [0, 0.05) is 25.8 Å². The second-order valence-corrected chi connectivity index (χ2v) is 6.83. The van der Waals surface area contributed by atoms with E-state index in [1.54, 1.807) is 11.8 Å². The van der Waals surface area contributed by atoms with Crippen LogP contribution < -0.4 is 4.74 Å². The number of hydrogen-bond acceptors (Lipinski definition) is 4. The zero-order valence-electron chi connectivity index (χ0n) is 15.5. The number of fused-ring (bicyclic) bond motifs is 2. The van der Waals surface area contributed by atoms with E-state index in [1.165, 1.54) is 5.56 Å². The van der Waals surface area contributed by atoms with Gasteiger partial charge in [-0.3, -0.25) is 9.48 Å². The zero-order chi connectivity index (χ0) is 18.4. The number of methoxy groups -OCH3 is 1. The molecule has 0 saturated carbocycles. The van der Waals surface area contributed by atoms with Gasteiger partial charge in [0.1, 0.15) is 5.75 Å². The highest BCUT2D eigenvalue weighted by molar-refractivity contribution is 6.06. The summed E-state index contributed by atoms with van der Waals surface area (Å²) < 4.78 is 7.07. The number of amides is 1. The SMILES string of the molecule is COc1ccc2c(c1)CN(C(=O)c1cc(C)nc3c1c(C)nn3C)CC2. The first kappa shape index (κ1) is 16.6. The molecular weight excluding hydrogens is 328 g/mol. The molecule has 3 heterocycles. The third-order valence-corrected chi connectivity index (χ3v) is 5.04. The molecule has 0 atom stereocenters. The highest BCUT2D eigenvalue weighted by atomic mass is 16.5. The van der Waals surface area contributed by atoms with Gasteiger partial charge in [-0.25, -0.2) is 4.98 Å². The van der Waals surface area contributed by atoms with Crippen LogP contribution in [0, 0.1) is 13.8 Å². The molecule has 0 aliphatic carbocycles. The van der Waals surface area contributed by atoms with Gasteiger partial charge in [0.25, 0.3) is 5.91 Å². The number of benzene rings is 1. The number of aromatic nitrogens is 3. The van der Waals surface area contributed by atoms with Crippen LogP contribution in [0.15, 0.2) is 24.3 Å². The second kappa shape index (κ2) is 6.12. The molecule has 4 rings (SSSR count). The summed E-state index contributed by atoms with van der Waals surface area (Å²) in [5.74, 6) is 0.855. The molecule has 1 amide bonds. The number of ether oxygens (including phenoxy) is 1. The molecule has 134 valence electrons. The lowest BCUT2D eigenvalue weighted by Crippen LogP contribution is -2.36. The first-order chi connectivity index (χ1) is 12.5. The van der Waals surface area contributed by atoms with Gasteiger partial charge >= 0.3 is 0 Å². The fourth-order valence-corrected chi connectivity index (χ4v) is 3.74. The summed E-state index contributed by atoms with van der Waals surface area (Å²) in [7, 11) is 3.52. The quantitative estimate of drug-likeness (QED) is 0.713. The molecule has 0 radical (unpaired) electrons. The van der Waals surface area contributed by atoms with Crippen LogP contribution in [-0.2, 0) is 20.0 Å². The summed E-state index contributed by atoms with van der Waals surface area (Å²) in [4.78, 5) is 19.8. The average molecular weight is 350 g/mol. The number of carbonyl (C=O) groups is 1. The fraction of sp³-hybridized carbons (Fsp3) is 0.350. The lowest BCUT2D eigenvalue weighted by atomic mass is 9.98. The average Bonchev–Trinajstić information content (AvgIpc) is 2.93. The Morgan fingerprint density at radius 1 is 1.19 bits per heavy atom. The molecule has 6 heteroatoms. The lowest BCUT2D eigenvalue weighted by Gasteiger charge is -2.29. The molecule has 6 nitrogen and oxygen atoms in total. The van der Waals surface area contributed by atoms with E-state index >= 15 is 0 Å². The summed E-state index contributed by atoms with van der Waals surface area (Å²) >= 11 is 0. The Morgan fingerprint density at radius 3 is 2.77 bits per heavy atom. The lowest BCUT2D eigenvalue weighted by molar-refractivity contribution is 0.0736. The largest absolute Gasteiger partial charge is 0.497 e. The number of carbonyl (C=O) groups excluding carboxylic acids is 1. The minimum absolute atomic E-state index is 0.0325. The van der Waals surface area contributed by atoms with Crippen molar-refractivity contribution in [2.24, 2.45) is 7.05 Å². The predicted octanol–water partition coefficient (Wildman–Crippen LogP) is 2.79. The maximum atomic E-state index is 13.3. The minimum Gasteiger partial charge on any atom is -0.497 e. The first-order valence-corrected chi connectivity index (χ1v) is 8.74. The Kier molecular flexibility index (Phi) is 3.90. The van der Waals surface area contributed by atoms with E-state index in [1.807, 2.05) is 44.0 Å². The number of hydrogen-bond donors (Lipinski definition) is 0. The smallest absolute Gasteiger partial charge is 0.255 e. The van der Waals surface area contributed by atoms with Crippen molar-refractivity contribution in [3.63, 3.8) is 0 Å². The van der Waals surface area contributed by atoms with Crippen LogP contribution in [0.25, 0.3) is 11.0 Å². The van der Waals surface area contributed by atoms with Gasteiger partial charge in [-0.15, -0.1) is 0 Å². The van der Waals surface area contributed by atoms with E-state index in [0.29, 0.717) is 18.7 Å². The van der Waals surface area contributed by atoms with E-state index < -0.39 is 0 Å². The van der Waals surface area contributed by atoms with Gasteiger partial charge in [0.15, 0.2) is 5.65 Å². The predicted molar refractivity (Wildman–Crippen MR) is 99.4 cm³/mol. The second-order valence-electron chi connectivity index (χ2n) is 6.83. The number of aryl methyl sites for hydroxylation is 3. The van der Waals surface area contributed by atoms with Crippen LogP contribution in [0.1, 0.15) is 32.9 Å². The van der Waals surface area contributed by atoms with E-state index in [4.69, 9.17) is 4.74 Å². The van der Waals surface area contributed by atoms with Gasteiger partial charge in [-0.1, -0.05) is 6.07 Å². The summed E-state index contributed by atoms with van der Waals surface area (Å²) in [5, 5.41) is 5.29. The molecule has 0 saturated heterocycles. The van der Waals surface area contributed by atoms with Crippen LogP contribution >= 0.6 is 0 Å². The molecule has 0 bridgehead atoms. The van der Waals surface area contributed by atoms with Crippen molar-refractivity contribution in [1.82, 2.24) is 19.7 Å². The number of pyridine rings is 1. The number of nitrogens with zero attached hydrogens (tertiary/aromatic N) is 4. The van der Waals surface area contributed by atoms with Crippen molar-refractivity contribution < 1.29 is 9.53 Å².